The molecule has 1 saturated heterocycles. The molecular formula is C17H20N4O5S. The Labute approximate surface area is 157 Å². The Kier molecular flexibility index (Phi) is 5.17. The number of hydrogen-bond donors (Lipinski definition) is 2. The molecule has 3 rings (SSSR count). The van der Waals surface area contributed by atoms with Gasteiger partial charge in [-0.05, 0) is 19.1 Å². The zero-order chi connectivity index (χ0) is 19.6. The van der Waals surface area contributed by atoms with Gasteiger partial charge in [0.1, 0.15) is 6.04 Å². The highest BCUT2D eigenvalue weighted by Crippen LogP contribution is 2.23. The number of carbonyl (C=O) groups is 3. The Hall–Kier alpha value is -2.88. The highest BCUT2D eigenvalue weighted by molar-refractivity contribution is 7.89. The molecular weight excluding hydrogens is 372 g/mol. The molecule has 0 radical (unpaired) electrons. The fourth-order valence-corrected chi connectivity index (χ4v) is 4.37. The van der Waals surface area contributed by atoms with Gasteiger partial charge in [0.2, 0.25) is 17.7 Å². The van der Waals surface area contributed by atoms with E-state index < -0.39 is 27.9 Å². The van der Waals surface area contributed by atoms with Crippen molar-refractivity contribution < 1.29 is 22.8 Å². The van der Waals surface area contributed by atoms with Crippen molar-refractivity contribution in [2.45, 2.75) is 24.3 Å². The van der Waals surface area contributed by atoms with Crippen molar-refractivity contribution in [3.05, 3.63) is 42.2 Å². The number of carbonyl (C=O) groups excluding carboxylic acids is 3. The molecule has 1 atom stereocenters. The summed E-state index contributed by atoms with van der Waals surface area (Å²) in [4.78, 5) is 37.7. The summed E-state index contributed by atoms with van der Waals surface area (Å²) in [6, 6.07) is 5.01. The van der Waals surface area contributed by atoms with Crippen molar-refractivity contribution in [3.8, 4) is 0 Å². The molecule has 2 N–H and O–H groups in total. The van der Waals surface area contributed by atoms with E-state index in [1.807, 2.05) is 6.92 Å². The standard InChI is InChI=1S/C17H20N4O5S/c1-12-2-4-13(5-3-12)27(25,26)21-9-7-19-17(24)14(21)10-16(23)20-8-6-18-15(22)11-20/h2-5,7,9,14H,6,8,10-11H2,1H3,(H,18,22)(H,19,24)/t14-/m1/s1. The largest absolute Gasteiger partial charge is 0.353 e. The molecule has 0 aliphatic carbocycles. The van der Waals surface area contributed by atoms with Crippen LogP contribution in [-0.4, -0.2) is 61.0 Å². The van der Waals surface area contributed by atoms with Gasteiger partial charge < -0.3 is 15.5 Å². The summed E-state index contributed by atoms with van der Waals surface area (Å²) in [6.07, 6.45) is 2.11. The van der Waals surface area contributed by atoms with E-state index >= 15 is 0 Å². The fraction of sp³-hybridized carbons (Fsp3) is 0.353. The second-order valence-electron chi connectivity index (χ2n) is 6.36. The van der Waals surface area contributed by atoms with Gasteiger partial charge in [0.25, 0.3) is 10.0 Å². The van der Waals surface area contributed by atoms with E-state index in [-0.39, 0.29) is 23.8 Å². The molecule has 0 aromatic heterocycles. The smallest absolute Gasteiger partial charge is 0.264 e. The third-order valence-electron chi connectivity index (χ3n) is 4.41. The summed E-state index contributed by atoms with van der Waals surface area (Å²) in [6.45, 7) is 2.38. The average Bonchev–Trinajstić information content (AvgIpc) is 2.63. The summed E-state index contributed by atoms with van der Waals surface area (Å²) in [5, 5.41) is 5.04. The summed E-state index contributed by atoms with van der Waals surface area (Å²) < 4.78 is 26.8. The van der Waals surface area contributed by atoms with Crippen LogP contribution in [0.3, 0.4) is 0 Å². The Morgan fingerprint density at radius 1 is 1.22 bits per heavy atom. The number of nitrogens with zero attached hydrogens (tertiary/aromatic N) is 2. The van der Waals surface area contributed by atoms with Gasteiger partial charge in [0.15, 0.2) is 0 Å². The third kappa shape index (κ3) is 3.95. The van der Waals surface area contributed by atoms with Gasteiger partial charge in [0.05, 0.1) is 17.9 Å². The van der Waals surface area contributed by atoms with Crippen LogP contribution in [-0.2, 0) is 24.4 Å². The average molecular weight is 392 g/mol. The highest BCUT2D eigenvalue weighted by atomic mass is 32.2. The second kappa shape index (κ2) is 7.39. The summed E-state index contributed by atoms with van der Waals surface area (Å²) in [5.74, 6) is -1.33. The minimum atomic E-state index is -4.01. The number of aryl methyl sites for hydroxylation is 1. The lowest BCUT2D eigenvalue weighted by molar-refractivity contribution is -0.140. The lowest BCUT2D eigenvalue weighted by atomic mass is 10.1. The predicted molar refractivity (Wildman–Crippen MR) is 95.5 cm³/mol. The van der Waals surface area contributed by atoms with E-state index in [1.54, 1.807) is 12.1 Å². The van der Waals surface area contributed by atoms with Gasteiger partial charge in [-0.15, -0.1) is 0 Å². The van der Waals surface area contributed by atoms with Crippen LogP contribution in [0, 0.1) is 6.92 Å². The van der Waals surface area contributed by atoms with Crippen LogP contribution >= 0.6 is 0 Å². The van der Waals surface area contributed by atoms with Gasteiger partial charge in [-0.25, -0.2) is 8.42 Å². The first-order valence-corrected chi connectivity index (χ1v) is 9.85. The normalized spacial score (nSPS) is 20.3. The van der Waals surface area contributed by atoms with Crippen molar-refractivity contribution >= 4 is 27.7 Å². The number of benzene rings is 1. The molecule has 0 bridgehead atoms. The van der Waals surface area contributed by atoms with Crippen LogP contribution in [0.25, 0.3) is 0 Å². The Bertz CT molecular complexity index is 894. The molecule has 9 nitrogen and oxygen atoms in total. The summed E-state index contributed by atoms with van der Waals surface area (Å²) >= 11 is 0. The van der Waals surface area contributed by atoms with E-state index in [0.29, 0.717) is 13.1 Å². The van der Waals surface area contributed by atoms with Gasteiger partial charge in [-0.3, -0.25) is 18.7 Å². The lowest BCUT2D eigenvalue weighted by Gasteiger charge is -2.33. The van der Waals surface area contributed by atoms with Crippen LogP contribution in [0.2, 0.25) is 0 Å². The predicted octanol–water partition coefficient (Wildman–Crippen LogP) is -0.696. The van der Waals surface area contributed by atoms with Crippen LogP contribution in [0.15, 0.2) is 41.6 Å². The van der Waals surface area contributed by atoms with Gasteiger partial charge in [-0.2, -0.15) is 0 Å². The highest BCUT2D eigenvalue weighted by Gasteiger charge is 2.38. The number of rotatable bonds is 4. The number of nitrogens with one attached hydrogen (secondary N) is 2. The Balaban J connectivity index is 1.84. The molecule has 2 heterocycles. The molecule has 0 unspecified atom stereocenters. The van der Waals surface area contributed by atoms with Crippen molar-refractivity contribution in [2.24, 2.45) is 0 Å². The molecule has 0 saturated carbocycles. The van der Waals surface area contributed by atoms with Gasteiger partial charge in [-0.1, -0.05) is 17.7 Å². The van der Waals surface area contributed by atoms with E-state index in [1.165, 1.54) is 29.4 Å². The fourth-order valence-electron chi connectivity index (χ4n) is 2.92. The minimum Gasteiger partial charge on any atom is -0.353 e. The zero-order valence-corrected chi connectivity index (χ0v) is 15.5. The first-order chi connectivity index (χ1) is 12.8. The van der Waals surface area contributed by atoms with Crippen LogP contribution < -0.4 is 10.6 Å². The summed E-state index contributed by atoms with van der Waals surface area (Å²) in [7, 11) is -4.01. The topological polar surface area (TPSA) is 116 Å². The number of sulfonamides is 1. The van der Waals surface area contributed by atoms with Crippen LogP contribution in [0.5, 0.6) is 0 Å². The van der Waals surface area contributed by atoms with Crippen LogP contribution in [0.4, 0.5) is 0 Å². The lowest BCUT2D eigenvalue weighted by Crippen LogP contribution is -2.54. The van der Waals surface area contributed by atoms with Crippen molar-refractivity contribution in [3.63, 3.8) is 0 Å². The SMILES string of the molecule is Cc1ccc(S(=O)(=O)N2C=CNC(=O)[C@H]2CC(=O)N2CCNC(=O)C2)cc1. The molecule has 0 spiro atoms. The number of piperazine rings is 1. The third-order valence-corrected chi connectivity index (χ3v) is 6.21. The Morgan fingerprint density at radius 3 is 2.59 bits per heavy atom. The van der Waals surface area contributed by atoms with E-state index in [4.69, 9.17) is 0 Å². The number of hydrogen-bond acceptors (Lipinski definition) is 5. The first-order valence-electron chi connectivity index (χ1n) is 8.41. The molecule has 10 heteroatoms. The molecule has 1 aromatic carbocycles. The van der Waals surface area contributed by atoms with E-state index in [2.05, 4.69) is 10.6 Å². The molecule has 1 aromatic rings. The first kappa shape index (κ1) is 18.9. The quantitative estimate of drug-likeness (QED) is 0.703. The maximum Gasteiger partial charge on any atom is 0.264 e. The van der Waals surface area contributed by atoms with E-state index in [9.17, 15) is 22.8 Å². The molecule has 2 aliphatic rings. The molecule has 1 fully saturated rings. The van der Waals surface area contributed by atoms with Gasteiger partial charge >= 0.3 is 0 Å². The van der Waals surface area contributed by atoms with Crippen molar-refractivity contribution in [1.29, 1.82) is 0 Å². The Morgan fingerprint density at radius 2 is 1.93 bits per heavy atom. The summed E-state index contributed by atoms with van der Waals surface area (Å²) in [5.41, 5.74) is 0.899. The molecule has 27 heavy (non-hydrogen) atoms. The van der Waals surface area contributed by atoms with E-state index in [0.717, 1.165) is 9.87 Å². The van der Waals surface area contributed by atoms with Gasteiger partial charge in [0, 0.05) is 25.5 Å². The number of amides is 3. The van der Waals surface area contributed by atoms with Crippen molar-refractivity contribution in [1.82, 2.24) is 19.8 Å². The van der Waals surface area contributed by atoms with Crippen LogP contribution in [0.1, 0.15) is 12.0 Å². The molecule has 3 amide bonds. The van der Waals surface area contributed by atoms with Crippen molar-refractivity contribution in [2.75, 3.05) is 19.6 Å². The second-order valence-corrected chi connectivity index (χ2v) is 8.20. The minimum absolute atomic E-state index is 0.0299. The molecule has 144 valence electrons. The molecule has 2 aliphatic heterocycles. The maximum atomic E-state index is 13.0. The zero-order valence-electron chi connectivity index (χ0n) is 14.7. The monoisotopic (exact) mass is 392 g/mol. The maximum absolute atomic E-state index is 13.0.